The number of pyridine rings is 2. The fourth-order valence-corrected chi connectivity index (χ4v) is 2.80. The molecule has 0 radical (unpaired) electrons. The standard InChI is InChI=1S/C15H6ClFN4/c16-13-9-4-3-8(17)6-12(9)21-14(10(13)7-18)20-11-2-1-5-19-15(11)21/h1-6H. The number of rotatable bonds is 0. The van der Waals surface area contributed by atoms with Gasteiger partial charge in [-0.2, -0.15) is 5.26 Å². The molecule has 0 N–H and O–H groups in total. The number of benzene rings is 1. The third-order valence-electron chi connectivity index (χ3n) is 3.41. The quantitative estimate of drug-likeness (QED) is 0.497. The molecule has 3 heterocycles. The molecule has 1 aromatic carbocycles. The molecule has 0 aliphatic heterocycles. The molecule has 0 fully saturated rings. The van der Waals surface area contributed by atoms with Gasteiger partial charge in [0.2, 0.25) is 0 Å². The fraction of sp³-hybridized carbons (Fsp3) is 0. The van der Waals surface area contributed by atoms with Crippen LogP contribution in [0.5, 0.6) is 0 Å². The van der Waals surface area contributed by atoms with E-state index in [0.717, 1.165) is 0 Å². The molecule has 0 saturated carbocycles. The third kappa shape index (κ3) is 1.54. The third-order valence-corrected chi connectivity index (χ3v) is 3.80. The van der Waals surface area contributed by atoms with Gasteiger partial charge in [-0.25, -0.2) is 14.4 Å². The highest BCUT2D eigenvalue weighted by Gasteiger charge is 2.18. The predicted octanol–water partition coefficient (Wildman–Crippen LogP) is 3.70. The van der Waals surface area contributed by atoms with Crippen molar-refractivity contribution in [3.05, 3.63) is 52.9 Å². The van der Waals surface area contributed by atoms with Crippen LogP contribution >= 0.6 is 11.6 Å². The lowest BCUT2D eigenvalue weighted by molar-refractivity contribution is 0.629. The molecule has 3 aromatic heterocycles. The Hall–Kier alpha value is -2.71. The molecule has 4 aromatic rings. The average Bonchev–Trinajstić information content (AvgIpc) is 2.86. The number of hydrogen-bond donors (Lipinski definition) is 0. The summed E-state index contributed by atoms with van der Waals surface area (Å²) in [7, 11) is 0. The Morgan fingerprint density at radius 2 is 2.10 bits per heavy atom. The van der Waals surface area contributed by atoms with Crippen LogP contribution in [0.2, 0.25) is 5.02 Å². The zero-order valence-electron chi connectivity index (χ0n) is 10.5. The molecule has 0 aliphatic carbocycles. The lowest BCUT2D eigenvalue weighted by atomic mass is 10.1. The van der Waals surface area contributed by atoms with Crippen LogP contribution in [-0.2, 0) is 0 Å². The number of imidazole rings is 1. The van der Waals surface area contributed by atoms with Crippen molar-refractivity contribution < 1.29 is 4.39 Å². The van der Waals surface area contributed by atoms with Gasteiger partial charge in [-0.3, -0.25) is 4.40 Å². The van der Waals surface area contributed by atoms with E-state index < -0.39 is 0 Å². The van der Waals surface area contributed by atoms with Crippen molar-refractivity contribution in [2.75, 3.05) is 0 Å². The zero-order valence-corrected chi connectivity index (χ0v) is 11.3. The van der Waals surface area contributed by atoms with Gasteiger partial charge in [-0.1, -0.05) is 11.6 Å². The molecule has 0 unspecified atom stereocenters. The topological polar surface area (TPSA) is 54.0 Å². The van der Waals surface area contributed by atoms with E-state index in [0.29, 0.717) is 27.7 Å². The Bertz CT molecular complexity index is 1080. The van der Waals surface area contributed by atoms with Gasteiger partial charge in [-0.15, -0.1) is 0 Å². The largest absolute Gasteiger partial charge is 0.275 e. The maximum atomic E-state index is 13.6. The van der Waals surface area contributed by atoms with Gasteiger partial charge in [0, 0.05) is 11.6 Å². The van der Waals surface area contributed by atoms with Gasteiger partial charge in [0.15, 0.2) is 11.3 Å². The van der Waals surface area contributed by atoms with Gasteiger partial charge in [0.1, 0.15) is 23.0 Å². The second-order valence-electron chi connectivity index (χ2n) is 4.58. The fourth-order valence-electron chi connectivity index (χ4n) is 2.52. The van der Waals surface area contributed by atoms with Crippen LogP contribution in [-0.4, -0.2) is 14.4 Å². The van der Waals surface area contributed by atoms with Crippen LogP contribution < -0.4 is 0 Å². The summed E-state index contributed by atoms with van der Waals surface area (Å²) in [5, 5.41) is 10.2. The average molecular weight is 297 g/mol. The van der Waals surface area contributed by atoms with E-state index in [1.54, 1.807) is 28.8 Å². The number of halogens is 2. The second kappa shape index (κ2) is 4.14. The Labute approximate surface area is 123 Å². The molecule has 0 amide bonds. The summed E-state index contributed by atoms with van der Waals surface area (Å²) in [6.45, 7) is 0. The minimum Gasteiger partial charge on any atom is -0.275 e. The minimum absolute atomic E-state index is 0.258. The SMILES string of the molecule is N#Cc1c(Cl)c2ccc(F)cc2n2c1nc1cccnc12. The highest BCUT2D eigenvalue weighted by atomic mass is 35.5. The van der Waals surface area contributed by atoms with E-state index in [1.165, 1.54) is 12.1 Å². The molecule has 0 aliphatic rings. The summed E-state index contributed by atoms with van der Waals surface area (Å²) in [4.78, 5) is 8.68. The van der Waals surface area contributed by atoms with Crippen LogP contribution in [0.3, 0.4) is 0 Å². The second-order valence-corrected chi connectivity index (χ2v) is 4.96. The maximum absolute atomic E-state index is 13.6. The monoisotopic (exact) mass is 296 g/mol. The van der Waals surface area contributed by atoms with Gasteiger partial charge < -0.3 is 0 Å². The molecular formula is C15H6ClFN4. The molecule has 0 atom stereocenters. The van der Waals surface area contributed by atoms with Crippen LogP contribution in [0.15, 0.2) is 36.5 Å². The van der Waals surface area contributed by atoms with Crippen molar-refractivity contribution in [2.24, 2.45) is 0 Å². The summed E-state index contributed by atoms with van der Waals surface area (Å²) in [5.41, 5.74) is 2.37. The molecule has 4 rings (SSSR count). The van der Waals surface area contributed by atoms with Crippen molar-refractivity contribution in [1.29, 1.82) is 5.26 Å². The lowest BCUT2D eigenvalue weighted by Gasteiger charge is -2.07. The molecule has 21 heavy (non-hydrogen) atoms. The molecule has 0 saturated heterocycles. The van der Waals surface area contributed by atoms with Gasteiger partial charge in [0.25, 0.3) is 0 Å². The van der Waals surface area contributed by atoms with Crippen molar-refractivity contribution in [3.63, 3.8) is 0 Å². The van der Waals surface area contributed by atoms with Crippen molar-refractivity contribution in [1.82, 2.24) is 14.4 Å². The van der Waals surface area contributed by atoms with Crippen LogP contribution in [0.4, 0.5) is 4.39 Å². The normalized spacial score (nSPS) is 11.3. The Morgan fingerprint density at radius 1 is 1.24 bits per heavy atom. The number of nitrogens with zero attached hydrogens (tertiary/aromatic N) is 4. The number of fused-ring (bicyclic) bond motifs is 5. The van der Waals surface area contributed by atoms with Gasteiger partial charge in [0.05, 0.1) is 10.5 Å². The molecule has 0 bridgehead atoms. The first kappa shape index (κ1) is 12.1. The first-order valence-electron chi connectivity index (χ1n) is 6.14. The number of nitriles is 1. The maximum Gasteiger partial charge on any atom is 0.164 e. The van der Waals surface area contributed by atoms with E-state index in [2.05, 4.69) is 16.0 Å². The summed E-state index contributed by atoms with van der Waals surface area (Å²) in [6, 6.07) is 9.85. The van der Waals surface area contributed by atoms with Crippen LogP contribution in [0, 0.1) is 17.1 Å². The van der Waals surface area contributed by atoms with Gasteiger partial charge >= 0.3 is 0 Å². The summed E-state index contributed by atoms with van der Waals surface area (Å²) >= 11 is 6.28. The first-order valence-corrected chi connectivity index (χ1v) is 6.52. The van der Waals surface area contributed by atoms with Crippen LogP contribution in [0.1, 0.15) is 5.56 Å². The highest BCUT2D eigenvalue weighted by Crippen LogP contribution is 2.32. The first-order chi connectivity index (χ1) is 10.2. The Morgan fingerprint density at radius 3 is 2.90 bits per heavy atom. The van der Waals surface area contributed by atoms with E-state index >= 15 is 0 Å². The zero-order chi connectivity index (χ0) is 14.6. The predicted molar refractivity (Wildman–Crippen MR) is 77.7 cm³/mol. The van der Waals surface area contributed by atoms with E-state index in [1.807, 2.05) is 0 Å². The minimum atomic E-state index is -0.387. The lowest BCUT2D eigenvalue weighted by Crippen LogP contribution is -1.95. The van der Waals surface area contributed by atoms with E-state index in [4.69, 9.17) is 11.6 Å². The van der Waals surface area contributed by atoms with Crippen molar-refractivity contribution in [3.8, 4) is 6.07 Å². The van der Waals surface area contributed by atoms with Gasteiger partial charge in [-0.05, 0) is 30.3 Å². The molecule has 4 nitrogen and oxygen atoms in total. The molecule has 0 spiro atoms. The van der Waals surface area contributed by atoms with E-state index in [9.17, 15) is 9.65 Å². The summed E-state index contributed by atoms with van der Waals surface area (Å²) in [6.07, 6.45) is 1.63. The molecule has 6 heteroatoms. The smallest absolute Gasteiger partial charge is 0.164 e. The highest BCUT2D eigenvalue weighted by molar-refractivity contribution is 6.37. The van der Waals surface area contributed by atoms with Crippen molar-refractivity contribution in [2.45, 2.75) is 0 Å². The summed E-state index contributed by atoms with van der Waals surface area (Å²) in [5.74, 6) is -0.387. The number of aromatic nitrogens is 3. The molecular weight excluding hydrogens is 291 g/mol. The Balaban J connectivity index is 2.42. The molecule has 100 valence electrons. The summed E-state index contributed by atoms with van der Waals surface area (Å²) < 4.78 is 15.3. The van der Waals surface area contributed by atoms with Crippen molar-refractivity contribution >= 4 is 39.3 Å². The number of hydrogen-bond acceptors (Lipinski definition) is 3. The Kier molecular flexibility index (Phi) is 2.38. The van der Waals surface area contributed by atoms with Crippen LogP contribution in [0.25, 0.3) is 27.7 Å². The van der Waals surface area contributed by atoms with E-state index in [-0.39, 0.29) is 16.4 Å².